The zero-order chi connectivity index (χ0) is 12.7. The van der Waals surface area contributed by atoms with Crippen LogP contribution in [0.15, 0.2) is 18.2 Å². The Balaban J connectivity index is 2.08. The first-order valence-corrected chi connectivity index (χ1v) is 6.87. The highest BCUT2D eigenvalue weighted by Gasteiger charge is 2.40. The zero-order valence-corrected chi connectivity index (χ0v) is 11.2. The topological polar surface area (TPSA) is 35.5 Å². The van der Waals surface area contributed by atoms with E-state index in [1.54, 1.807) is 0 Å². The third-order valence-electron chi connectivity index (χ3n) is 4.67. The van der Waals surface area contributed by atoms with Gasteiger partial charge in [0, 0.05) is 37.2 Å². The van der Waals surface area contributed by atoms with Gasteiger partial charge < -0.3 is 15.3 Å². The quantitative estimate of drug-likeness (QED) is 0.788. The van der Waals surface area contributed by atoms with Gasteiger partial charge in [-0.25, -0.2) is 0 Å². The highest BCUT2D eigenvalue weighted by Crippen LogP contribution is 2.43. The van der Waals surface area contributed by atoms with Crippen LogP contribution in [0.2, 0.25) is 0 Å². The van der Waals surface area contributed by atoms with Crippen LogP contribution in [-0.4, -0.2) is 37.9 Å². The number of fused-ring (bicyclic) bond motifs is 2. The Morgan fingerprint density at radius 1 is 1.44 bits per heavy atom. The maximum absolute atomic E-state index is 9.79. The van der Waals surface area contributed by atoms with Gasteiger partial charge >= 0.3 is 0 Å². The molecule has 0 spiro atoms. The van der Waals surface area contributed by atoms with Gasteiger partial charge in [0.2, 0.25) is 0 Å². The van der Waals surface area contributed by atoms with Gasteiger partial charge in [0.25, 0.3) is 0 Å². The first-order chi connectivity index (χ1) is 8.72. The summed E-state index contributed by atoms with van der Waals surface area (Å²) in [5, 5.41) is 13.3. The Hall–Kier alpha value is -1.06. The number of benzene rings is 1. The summed E-state index contributed by atoms with van der Waals surface area (Å²) < 4.78 is 0. The summed E-state index contributed by atoms with van der Waals surface area (Å²) in [4.78, 5) is 2.43. The number of nitrogens with one attached hydrogen (secondary N) is 1. The molecule has 0 saturated carbocycles. The zero-order valence-electron chi connectivity index (χ0n) is 11.2. The predicted molar refractivity (Wildman–Crippen MR) is 74.2 cm³/mol. The fraction of sp³-hybridized carbons (Fsp3) is 0.600. The van der Waals surface area contributed by atoms with Gasteiger partial charge in [-0.3, -0.25) is 0 Å². The molecule has 3 atom stereocenters. The van der Waals surface area contributed by atoms with E-state index in [1.165, 1.54) is 23.2 Å². The lowest BCUT2D eigenvalue weighted by molar-refractivity contribution is 0.178. The smallest absolute Gasteiger partial charge is 0.0504 e. The SMILES string of the molecule is Cc1ccc2c(c1)N(C)C1CCNCC1C2CO. The first-order valence-electron chi connectivity index (χ1n) is 6.87. The number of aliphatic hydroxyl groups is 1. The van der Waals surface area contributed by atoms with E-state index in [1.807, 2.05) is 0 Å². The molecule has 1 saturated heterocycles. The molecule has 3 rings (SSSR count). The number of hydrogen-bond acceptors (Lipinski definition) is 3. The van der Waals surface area contributed by atoms with E-state index in [9.17, 15) is 5.11 Å². The standard InChI is InChI=1S/C15H22N2O/c1-10-3-4-11-13(9-18)12-8-16-6-5-14(12)17(2)15(11)7-10/h3-4,7,12-14,16,18H,5-6,8-9H2,1-2H3. The van der Waals surface area contributed by atoms with E-state index in [4.69, 9.17) is 0 Å². The van der Waals surface area contributed by atoms with Crippen LogP contribution in [-0.2, 0) is 0 Å². The molecule has 2 aliphatic heterocycles. The Morgan fingerprint density at radius 2 is 2.28 bits per heavy atom. The molecule has 0 aromatic heterocycles. The molecule has 98 valence electrons. The van der Waals surface area contributed by atoms with Crippen molar-refractivity contribution in [2.45, 2.75) is 25.3 Å². The van der Waals surface area contributed by atoms with Crippen LogP contribution in [0.5, 0.6) is 0 Å². The number of aliphatic hydroxyl groups excluding tert-OH is 1. The average molecular weight is 246 g/mol. The Labute approximate surface area is 109 Å². The summed E-state index contributed by atoms with van der Waals surface area (Å²) in [5.74, 6) is 0.818. The van der Waals surface area contributed by atoms with Crippen molar-refractivity contribution in [2.75, 3.05) is 31.6 Å². The van der Waals surface area contributed by atoms with Crippen LogP contribution in [0.4, 0.5) is 5.69 Å². The minimum absolute atomic E-state index is 0.257. The second-order valence-electron chi connectivity index (χ2n) is 5.69. The fourth-order valence-electron chi connectivity index (χ4n) is 3.68. The molecular weight excluding hydrogens is 224 g/mol. The lowest BCUT2D eigenvalue weighted by Gasteiger charge is -2.48. The van der Waals surface area contributed by atoms with E-state index < -0.39 is 0 Å². The molecule has 0 amide bonds. The van der Waals surface area contributed by atoms with Crippen LogP contribution in [0.25, 0.3) is 0 Å². The third kappa shape index (κ3) is 1.73. The van der Waals surface area contributed by atoms with E-state index in [0.717, 1.165) is 13.1 Å². The molecule has 1 fully saturated rings. The number of anilines is 1. The van der Waals surface area contributed by atoms with Crippen LogP contribution in [0.1, 0.15) is 23.5 Å². The molecule has 3 heteroatoms. The van der Waals surface area contributed by atoms with Gasteiger partial charge in [0.15, 0.2) is 0 Å². The minimum Gasteiger partial charge on any atom is -0.396 e. The van der Waals surface area contributed by atoms with Crippen molar-refractivity contribution in [2.24, 2.45) is 5.92 Å². The molecule has 3 nitrogen and oxygen atoms in total. The maximum Gasteiger partial charge on any atom is 0.0504 e. The lowest BCUT2D eigenvalue weighted by atomic mass is 9.74. The summed E-state index contributed by atoms with van der Waals surface area (Å²) in [6.45, 7) is 4.50. The third-order valence-corrected chi connectivity index (χ3v) is 4.67. The highest BCUT2D eigenvalue weighted by atomic mass is 16.3. The number of nitrogens with zero attached hydrogens (tertiary/aromatic N) is 1. The summed E-state index contributed by atoms with van der Waals surface area (Å²) in [5.41, 5.74) is 3.93. The molecular formula is C15H22N2O. The number of rotatable bonds is 1. The average Bonchev–Trinajstić information content (AvgIpc) is 2.40. The number of piperidine rings is 1. The van der Waals surface area contributed by atoms with Gasteiger partial charge in [-0.1, -0.05) is 12.1 Å². The van der Waals surface area contributed by atoms with Gasteiger partial charge in [0.05, 0.1) is 6.61 Å². The molecule has 0 radical (unpaired) electrons. The molecule has 1 aromatic carbocycles. The molecule has 2 N–H and O–H groups in total. The number of aryl methyl sites for hydroxylation is 1. The molecule has 18 heavy (non-hydrogen) atoms. The molecule has 3 unspecified atom stereocenters. The van der Waals surface area contributed by atoms with E-state index in [0.29, 0.717) is 12.0 Å². The van der Waals surface area contributed by atoms with E-state index in [-0.39, 0.29) is 12.5 Å². The molecule has 2 aliphatic rings. The van der Waals surface area contributed by atoms with Crippen LogP contribution >= 0.6 is 0 Å². The van der Waals surface area contributed by atoms with Crippen molar-refractivity contribution in [1.82, 2.24) is 5.32 Å². The normalized spacial score (nSPS) is 30.8. The Morgan fingerprint density at radius 3 is 3.06 bits per heavy atom. The molecule has 0 aliphatic carbocycles. The van der Waals surface area contributed by atoms with Crippen LogP contribution in [0, 0.1) is 12.8 Å². The summed E-state index contributed by atoms with van der Waals surface area (Å²) in [6.07, 6.45) is 1.17. The summed E-state index contributed by atoms with van der Waals surface area (Å²) in [7, 11) is 2.20. The predicted octanol–water partition coefficient (Wildman–Crippen LogP) is 1.50. The highest BCUT2D eigenvalue weighted by molar-refractivity contribution is 5.60. The minimum atomic E-state index is 0.257. The van der Waals surface area contributed by atoms with Crippen molar-refractivity contribution >= 4 is 5.69 Å². The second-order valence-corrected chi connectivity index (χ2v) is 5.69. The van der Waals surface area contributed by atoms with Crippen molar-refractivity contribution in [1.29, 1.82) is 0 Å². The largest absolute Gasteiger partial charge is 0.396 e. The van der Waals surface area contributed by atoms with Gasteiger partial charge in [-0.05, 0) is 37.1 Å². The van der Waals surface area contributed by atoms with Crippen molar-refractivity contribution in [3.8, 4) is 0 Å². The van der Waals surface area contributed by atoms with E-state index in [2.05, 4.69) is 42.4 Å². The second kappa shape index (κ2) is 4.56. The first kappa shape index (κ1) is 12.0. The summed E-state index contributed by atoms with van der Waals surface area (Å²) >= 11 is 0. The molecule has 2 heterocycles. The van der Waals surface area contributed by atoms with Gasteiger partial charge in [-0.15, -0.1) is 0 Å². The van der Waals surface area contributed by atoms with E-state index >= 15 is 0 Å². The Bertz CT molecular complexity index is 446. The fourth-order valence-corrected chi connectivity index (χ4v) is 3.68. The molecule has 1 aromatic rings. The number of hydrogen-bond donors (Lipinski definition) is 2. The Kier molecular flexibility index (Phi) is 3.04. The van der Waals surface area contributed by atoms with Gasteiger partial charge in [0.1, 0.15) is 0 Å². The maximum atomic E-state index is 9.79. The van der Waals surface area contributed by atoms with Crippen molar-refractivity contribution in [3.63, 3.8) is 0 Å². The van der Waals surface area contributed by atoms with Gasteiger partial charge in [-0.2, -0.15) is 0 Å². The lowest BCUT2D eigenvalue weighted by Crippen LogP contribution is -2.54. The van der Waals surface area contributed by atoms with Crippen LogP contribution < -0.4 is 10.2 Å². The van der Waals surface area contributed by atoms with Crippen molar-refractivity contribution < 1.29 is 5.11 Å². The van der Waals surface area contributed by atoms with Crippen molar-refractivity contribution in [3.05, 3.63) is 29.3 Å². The van der Waals surface area contributed by atoms with Crippen LogP contribution in [0.3, 0.4) is 0 Å². The monoisotopic (exact) mass is 246 g/mol. The summed E-state index contributed by atoms with van der Waals surface area (Å²) in [6, 6.07) is 7.19. The molecule has 0 bridgehead atoms.